The fraction of sp³-hybridized carbons (Fsp3) is 0.500. The number of carbonyl (C=O) groups is 1. The molecule has 0 saturated heterocycles. The van der Waals surface area contributed by atoms with Crippen molar-refractivity contribution >= 4 is 47.0 Å². The molecule has 0 aliphatic heterocycles. The van der Waals surface area contributed by atoms with Gasteiger partial charge in [0.15, 0.2) is 5.65 Å². The van der Waals surface area contributed by atoms with Crippen molar-refractivity contribution in [2.75, 3.05) is 13.6 Å². The van der Waals surface area contributed by atoms with Gasteiger partial charge in [-0.3, -0.25) is 14.1 Å². The van der Waals surface area contributed by atoms with Gasteiger partial charge in [-0.15, -0.1) is 5.10 Å². The highest BCUT2D eigenvalue weighted by Crippen LogP contribution is 2.21. The Morgan fingerprint density at radius 2 is 2.09 bits per heavy atom. The molecule has 0 saturated carbocycles. The first-order chi connectivity index (χ1) is 10.6. The predicted molar refractivity (Wildman–Crippen MR) is 94.6 cm³/mol. The molecule has 0 atom stereocenters. The van der Waals surface area contributed by atoms with E-state index in [0.29, 0.717) is 27.1 Å². The summed E-state index contributed by atoms with van der Waals surface area (Å²) < 4.78 is 3.73. The van der Waals surface area contributed by atoms with E-state index in [4.69, 9.17) is 35.4 Å². The van der Waals surface area contributed by atoms with Crippen LogP contribution in [0.2, 0.25) is 10.0 Å². The summed E-state index contributed by atoms with van der Waals surface area (Å²) in [5.74, 6) is -0.0589. The number of pyridine rings is 1. The molecule has 0 fully saturated rings. The minimum atomic E-state index is -0.262. The average molecular weight is 376 g/mol. The first kappa shape index (κ1) is 18.2. The van der Waals surface area contributed by atoms with Gasteiger partial charge in [-0.05, 0) is 46.1 Å². The van der Waals surface area contributed by atoms with Crippen molar-refractivity contribution in [1.82, 2.24) is 24.4 Å². The number of rotatable bonds is 4. The molecule has 23 heavy (non-hydrogen) atoms. The van der Waals surface area contributed by atoms with Crippen LogP contribution in [0.3, 0.4) is 0 Å². The molecule has 0 bridgehead atoms. The van der Waals surface area contributed by atoms with Crippen molar-refractivity contribution in [3.8, 4) is 0 Å². The Labute approximate surface area is 150 Å². The SMILES string of the molecule is CN(CC(=O)NC(C)(C)C)Cn1nc2c(Cl)cc(Cl)cn2c1=S. The molecule has 2 rings (SSSR count). The van der Waals surface area contributed by atoms with Crippen LogP contribution in [0.25, 0.3) is 5.65 Å². The fourth-order valence-corrected chi connectivity index (χ4v) is 2.87. The van der Waals surface area contributed by atoms with Crippen molar-refractivity contribution < 1.29 is 4.79 Å². The van der Waals surface area contributed by atoms with Gasteiger partial charge >= 0.3 is 0 Å². The number of likely N-dealkylation sites (N-methyl/N-ethyl adjacent to an activating group) is 1. The van der Waals surface area contributed by atoms with Crippen LogP contribution in [-0.4, -0.2) is 44.1 Å². The smallest absolute Gasteiger partial charge is 0.234 e. The van der Waals surface area contributed by atoms with Crippen LogP contribution in [0.5, 0.6) is 0 Å². The van der Waals surface area contributed by atoms with E-state index in [0.717, 1.165) is 0 Å². The highest BCUT2D eigenvalue weighted by molar-refractivity contribution is 7.71. The molecule has 9 heteroatoms. The highest BCUT2D eigenvalue weighted by Gasteiger charge is 2.16. The summed E-state index contributed by atoms with van der Waals surface area (Å²) in [6.07, 6.45) is 1.67. The lowest BCUT2D eigenvalue weighted by atomic mass is 10.1. The van der Waals surface area contributed by atoms with Crippen molar-refractivity contribution in [2.24, 2.45) is 0 Å². The van der Waals surface area contributed by atoms with E-state index in [2.05, 4.69) is 10.4 Å². The lowest BCUT2D eigenvalue weighted by Gasteiger charge is -2.23. The number of hydrogen-bond acceptors (Lipinski definition) is 4. The summed E-state index contributed by atoms with van der Waals surface area (Å²) in [6.45, 7) is 6.42. The third kappa shape index (κ3) is 4.67. The van der Waals surface area contributed by atoms with E-state index in [1.165, 1.54) is 0 Å². The maximum absolute atomic E-state index is 12.0. The van der Waals surface area contributed by atoms with Gasteiger partial charge in [0.25, 0.3) is 0 Å². The van der Waals surface area contributed by atoms with Crippen molar-refractivity contribution in [1.29, 1.82) is 0 Å². The number of carbonyl (C=O) groups excluding carboxylic acids is 1. The van der Waals surface area contributed by atoms with Crippen molar-refractivity contribution in [3.63, 3.8) is 0 Å². The molecule has 1 N–H and O–H groups in total. The highest BCUT2D eigenvalue weighted by atomic mass is 35.5. The maximum atomic E-state index is 12.0. The number of nitrogens with zero attached hydrogens (tertiary/aromatic N) is 4. The van der Waals surface area contributed by atoms with Gasteiger partial charge in [0.1, 0.15) is 0 Å². The third-order valence-corrected chi connectivity index (χ3v) is 3.80. The van der Waals surface area contributed by atoms with Crippen LogP contribution in [-0.2, 0) is 11.5 Å². The zero-order valence-corrected chi connectivity index (χ0v) is 15.8. The molecular weight excluding hydrogens is 357 g/mol. The van der Waals surface area contributed by atoms with Gasteiger partial charge in [0.05, 0.1) is 23.3 Å². The topological polar surface area (TPSA) is 54.6 Å². The Kier molecular flexibility index (Phi) is 5.35. The molecule has 0 unspecified atom stereocenters. The quantitative estimate of drug-likeness (QED) is 0.834. The summed E-state index contributed by atoms with van der Waals surface area (Å²) >= 11 is 17.5. The van der Waals surface area contributed by atoms with Crippen LogP contribution in [0.4, 0.5) is 0 Å². The van der Waals surface area contributed by atoms with E-state index in [-0.39, 0.29) is 18.0 Å². The number of halogens is 2. The Hall–Kier alpha value is -1.15. The van der Waals surface area contributed by atoms with Gasteiger partial charge in [-0.25, -0.2) is 4.68 Å². The third-order valence-electron chi connectivity index (χ3n) is 2.90. The Morgan fingerprint density at radius 1 is 1.43 bits per heavy atom. The van der Waals surface area contributed by atoms with Gasteiger partial charge in [-0.1, -0.05) is 23.2 Å². The van der Waals surface area contributed by atoms with Crippen LogP contribution >= 0.6 is 35.4 Å². The van der Waals surface area contributed by atoms with Crippen LogP contribution in [0, 0.1) is 4.77 Å². The summed E-state index contributed by atoms with van der Waals surface area (Å²) in [5, 5.41) is 8.21. The van der Waals surface area contributed by atoms with Crippen LogP contribution in [0.1, 0.15) is 20.8 Å². The molecule has 1 amide bonds. The first-order valence-corrected chi connectivity index (χ1v) is 8.17. The van der Waals surface area contributed by atoms with E-state index in [9.17, 15) is 4.79 Å². The van der Waals surface area contributed by atoms with Gasteiger partial charge < -0.3 is 5.32 Å². The number of fused-ring (bicyclic) bond motifs is 1. The Balaban J connectivity index is 2.16. The molecule has 2 aromatic rings. The molecule has 2 aromatic heterocycles. The second kappa shape index (κ2) is 6.76. The minimum absolute atomic E-state index is 0.0589. The molecule has 0 aliphatic rings. The molecule has 0 spiro atoms. The number of hydrogen-bond donors (Lipinski definition) is 1. The number of amides is 1. The average Bonchev–Trinajstić information content (AvgIpc) is 2.65. The van der Waals surface area contributed by atoms with Crippen molar-refractivity contribution in [2.45, 2.75) is 33.0 Å². The largest absolute Gasteiger partial charge is 0.350 e. The zero-order chi connectivity index (χ0) is 17.4. The van der Waals surface area contributed by atoms with Crippen molar-refractivity contribution in [3.05, 3.63) is 27.1 Å². The van der Waals surface area contributed by atoms with Gasteiger partial charge in [0.2, 0.25) is 10.7 Å². The molecule has 6 nitrogen and oxygen atoms in total. The summed E-state index contributed by atoms with van der Waals surface area (Å²) in [5.41, 5.74) is 0.273. The second-order valence-electron chi connectivity index (χ2n) is 6.44. The maximum Gasteiger partial charge on any atom is 0.234 e. The molecule has 0 aromatic carbocycles. The fourth-order valence-electron chi connectivity index (χ4n) is 2.12. The molecule has 126 valence electrons. The molecule has 0 aliphatic carbocycles. The monoisotopic (exact) mass is 375 g/mol. The van der Waals surface area contributed by atoms with E-state index in [1.54, 1.807) is 21.3 Å². The molecule has 0 radical (unpaired) electrons. The predicted octanol–water partition coefficient (Wildman–Crippen LogP) is 2.98. The van der Waals surface area contributed by atoms with Crippen LogP contribution < -0.4 is 5.32 Å². The van der Waals surface area contributed by atoms with Gasteiger partial charge in [-0.2, -0.15) is 0 Å². The minimum Gasteiger partial charge on any atom is -0.350 e. The first-order valence-electron chi connectivity index (χ1n) is 7.00. The summed E-state index contributed by atoms with van der Waals surface area (Å²) in [6, 6.07) is 1.62. The van der Waals surface area contributed by atoms with Crippen LogP contribution in [0.15, 0.2) is 12.3 Å². The Morgan fingerprint density at radius 3 is 2.70 bits per heavy atom. The van der Waals surface area contributed by atoms with E-state index < -0.39 is 0 Å². The van der Waals surface area contributed by atoms with E-state index in [1.807, 2.05) is 32.7 Å². The number of aromatic nitrogens is 3. The van der Waals surface area contributed by atoms with Gasteiger partial charge in [0, 0.05) is 11.7 Å². The Bertz CT molecular complexity index is 793. The molecular formula is C14H19Cl2N5OS. The second-order valence-corrected chi connectivity index (χ2v) is 7.64. The molecule has 2 heterocycles. The summed E-state index contributed by atoms with van der Waals surface area (Å²) in [4.78, 5) is 13.8. The normalized spacial score (nSPS) is 12.1. The zero-order valence-electron chi connectivity index (χ0n) is 13.4. The lowest BCUT2D eigenvalue weighted by molar-refractivity contribution is -0.123. The lowest BCUT2D eigenvalue weighted by Crippen LogP contribution is -2.45. The summed E-state index contributed by atoms with van der Waals surface area (Å²) in [7, 11) is 1.82. The standard InChI is InChI=1S/C14H19Cl2N5OS/c1-14(2,3)17-11(22)7-19(4)8-21-13(23)20-6-9(15)5-10(16)12(20)18-21/h5-6H,7-8H2,1-4H3,(H,17,22). The van der Waals surface area contributed by atoms with E-state index >= 15 is 0 Å². The number of nitrogens with one attached hydrogen (secondary N) is 1.